The number of aryl methyl sites for hydroxylation is 2. The summed E-state index contributed by atoms with van der Waals surface area (Å²) in [6.45, 7) is 17.6. The van der Waals surface area contributed by atoms with Gasteiger partial charge in [0.25, 0.3) is 0 Å². The number of rotatable bonds is 13. The van der Waals surface area contributed by atoms with Crippen LogP contribution in [0.1, 0.15) is 111 Å². The summed E-state index contributed by atoms with van der Waals surface area (Å²) in [6.07, 6.45) is -8.73. The van der Waals surface area contributed by atoms with Gasteiger partial charge in [-0.25, -0.2) is 4.79 Å². The van der Waals surface area contributed by atoms with E-state index in [1.165, 1.54) is 24.3 Å². The van der Waals surface area contributed by atoms with Crippen LogP contribution in [0.4, 0.5) is 31.1 Å². The van der Waals surface area contributed by atoms with E-state index in [4.69, 9.17) is 14.0 Å². The molecule has 0 saturated carbocycles. The van der Waals surface area contributed by atoms with Gasteiger partial charge in [-0.15, -0.1) is 0 Å². The van der Waals surface area contributed by atoms with Gasteiger partial charge in [0.2, 0.25) is 7.37 Å². The van der Waals surface area contributed by atoms with Gasteiger partial charge in [-0.2, -0.15) is 26.3 Å². The number of benzene rings is 2. The smallest absolute Gasteiger partial charge is 0.419 e. The number of amides is 1. The predicted octanol–water partition coefficient (Wildman–Crippen LogP) is 11.2. The fourth-order valence-electron chi connectivity index (χ4n) is 5.45. The van der Waals surface area contributed by atoms with Crippen LogP contribution in [0.2, 0.25) is 0 Å². The Labute approximate surface area is 287 Å². The molecule has 0 unspecified atom stereocenters. The van der Waals surface area contributed by atoms with Crippen molar-refractivity contribution in [3.05, 3.63) is 64.7 Å². The third kappa shape index (κ3) is 12.2. The van der Waals surface area contributed by atoms with Crippen LogP contribution in [-0.4, -0.2) is 40.8 Å². The molecule has 0 saturated heterocycles. The third-order valence-electron chi connectivity index (χ3n) is 8.12. The van der Waals surface area contributed by atoms with Crippen LogP contribution >= 0.6 is 7.37 Å². The van der Waals surface area contributed by atoms with Crippen molar-refractivity contribution in [2.45, 2.75) is 135 Å². The number of nitrogens with one attached hydrogen (secondary N) is 1. The molecule has 0 aliphatic carbocycles. The molecule has 6 nitrogen and oxygen atoms in total. The normalized spacial score (nSPS) is 14.7. The largest absolute Gasteiger partial charge is 0.493 e. The van der Waals surface area contributed by atoms with E-state index in [0.717, 1.165) is 18.2 Å². The van der Waals surface area contributed by atoms with Gasteiger partial charge < -0.3 is 19.3 Å². The quantitative estimate of drug-likeness (QED) is 0.127. The van der Waals surface area contributed by atoms with E-state index >= 15 is 0 Å². The first kappa shape index (κ1) is 42.4. The van der Waals surface area contributed by atoms with Crippen LogP contribution in [0.25, 0.3) is 0 Å². The minimum absolute atomic E-state index is 0.0822. The molecule has 1 N–H and O–H groups in total. The van der Waals surface area contributed by atoms with Crippen molar-refractivity contribution < 1.29 is 49.7 Å². The van der Waals surface area contributed by atoms with Crippen LogP contribution < -0.4 is 10.1 Å². The molecule has 2 rings (SSSR count). The zero-order valence-electron chi connectivity index (χ0n) is 30.2. The molecule has 0 aliphatic heterocycles. The molecular formula is C36H52F6NO5P. The Morgan fingerprint density at radius 2 is 1.33 bits per heavy atom. The van der Waals surface area contributed by atoms with Crippen LogP contribution in [0.5, 0.6) is 5.75 Å². The molecule has 13 heteroatoms. The Kier molecular flexibility index (Phi) is 13.6. The SMILES string of the molecule is CC[C@@](CCc1ccc(OCCCc2ccc(C(F)(F)F)cc2)c(C(F)(F)F)c1)(COP(=O)(C(C)(C)C)C(C)(C)C)NC(=O)OC(C)(C)C. The molecule has 2 aromatic carbocycles. The molecule has 0 spiro atoms. The summed E-state index contributed by atoms with van der Waals surface area (Å²) in [5.74, 6) is -0.364. The van der Waals surface area contributed by atoms with Gasteiger partial charge in [0.15, 0.2) is 0 Å². The van der Waals surface area contributed by atoms with Gasteiger partial charge in [-0.3, -0.25) is 4.57 Å². The molecule has 0 heterocycles. The van der Waals surface area contributed by atoms with Crippen molar-refractivity contribution in [1.29, 1.82) is 0 Å². The second-order valence-corrected chi connectivity index (χ2v) is 19.4. The summed E-state index contributed by atoms with van der Waals surface area (Å²) in [7, 11) is -3.36. The Morgan fingerprint density at radius 3 is 1.80 bits per heavy atom. The molecule has 0 aromatic heterocycles. The standard InChI is InChI=1S/C36H52F6NO5P/c1-11-34(43-30(44)48-31(2,3)4,24-47-49(45,32(5,6)7)33(8,9)10)21-20-26-16-19-29(28(23-26)36(40,41)42)46-22-12-13-25-14-17-27(18-15-25)35(37,38)39/h14-19,23H,11-13,20-22,24H2,1-10H3,(H,43,44)/t34-/m1/s1. The average Bonchev–Trinajstić information content (AvgIpc) is 2.94. The van der Waals surface area contributed by atoms with E-state index in [1.54, 1.807) is 20.8 Å². The second kappa shape index (κ2) is 15.7. The first-order valence-electron chi connectivity index (χ1n) is 16.4. The zero-order chi connectivity index (χ0) is 37.7. The van der Waals surface area contributed by atoms with E-state index in [0.29, 0.717) is 24.0 Å². The lowest BCUT2D eigenvalue weighted by Gasteiger charge is -2.43. The number of alkyl carbamates (subject to hydrolysis) is 1. The Balaban J connectivity index is 2.28. The third-order valence-corrected chi connectivity index (χ3v) is 12.1. The fourth-order valence-corrected chi connectivity index (χ4v) is 8.66. The maximum atomic E-state index is 14.3. The summed E-state index contributed by atoms with van der Waals surface area (Å²) >= 11 is 0. The average molecular weight is 724 g/mol. The Bertz CT molecular complexity index is 1420. The van der Waals surface area contributed by atoms with Crippen LogP contribution in [0.15, 0.2) is 42.5 Å². The number of ether oxygens (including phenoxy) is 2. The van der Waals surface area contributed by atoms with Crippen LogP contribution in [-0.2, 0) is 39.0 Å². The van der Waals surface area contributed by atoms with Gasteiger partial charge in [-0.05, 0) is 88.3 Å². The van der Waals surface area contributed by atoms with Crippen molar-refractivity contribution in [2.24, 2.45) is 0 Å². The van der Waals surface area contributed by atoms with Crippen molar-refractivity contribution in [3.8, 4) is 5.75 Å². The molecule has 0 radical (unpaired) electrons. The highest BCUT2D eigenvalue weighted by molar-refractivity contribution is 7.62. The summed E-state index contributed by atoms with van der Waals surface area (Å²) in [6, 6.07) is 8.38. The van der Waals surface area contributed by atoms with Crippen molar-refractivity contribution in [2.75, 3.05) is 13.2 Å². The van der Waals surface area contributed by atoms with Crippen LogP contribution in [0.3, 0.4) is 0 Å². The molecule has 49 heavy (non-hydrogen) atoms. The van der Waals surface area contributed by atoms with Gasteiger partial charge in [0, 0.05) is 10.3 Å². The van der Waals surface area contributed by atoms with Crippen molar-refractivity contribution in [1.82, 2.24) is 5.32 Å². The van der Waals surface area contributed by atoms with Gasteiger partial charge in [0.05, 0.1) is 29.9 Å². The molecule has 0 aliphatic rings. The number of hydrogen-bond acceptors (Lipinski definition) is 5. The molecule has 0 fully saturated rings. The number of halogens is 6. The summed E-state index contributed by atoms with van der Waals surface area (Å²) < 4.78 is 113. The zero-order valence-corrected chi connectivity index (χ0v) is 31.1. The van der Waals surface area contributed by atoms with E-state index in [9.17, 15) is 35.7 Å². The fraction of sp³-hybridized carbons (Fsp3) is 0.639. The van der Waals surface area contributed by atoms with E-state index < -0.39 is 58.4 Å². The highest BCUT2D eigenvalue weighted by atomic mass is 31.2. The minimum Gasteiger partial charge on any atom is -0.493 e. The lowest BCUT2D eigenvalue weighted by molar-refractivity contribution is -0.139. The highest BCUT2D eigenvalue weighted by Crippen LogP contribution is 2.67. The summed E-state index contributed by atoms with van der Waals surface area (Å²) in [5, 5.41) is 1.43. The van der Waals surface area contributed by atoms with Crippen LogP contribution in [0, 0.1) is 0 Å². The van der Waals surface area contributed by atoms with Gasteiger partial charge >= 0.3 is 18.4 Å². The second-order valence-electron chi connectivity index (χ2n) is 15.4. The van der Waals surface area contributed by atoms with E-state index in [2.05, 4.69) is 5.32 Å². The molecular weight excluding hydrogens is 671 g/mol. The highest BCUT2D eigenvalue weighted by Gasteiger charge is 2.49. The maximum Gasteiger partial charge on any atom is 0.419 e. The molecule has 2 aromatic rings. The molecule has 1 amide bonds. The molecule has 1 atom stereocenters. The molecule has 0 bridgehead atoms. The molecule has 278 valence electrons. The van der Waals surface area contributed by atoms with Gasteiger partial charge in [0.1, 0.15) is 11.4 Å². The number of carbonyl (C=O) groups excluding carboxylic acids is 1. The number of hydrogen-bond donors (Lipinski definition) is 1. The topological polar surface area (TPSA) is 73.9 Å². The monoisotopic (exact) mass is 723 g/mol. The minimum atomic E-state index is -4.73. The summed E-state index contributed by atoms with van der Waals surface area (Å²) in [4.78, 5) is 13.0. The van der Waals surface area contributed by atoms with Gasteiger partial charge in [-0.1, -0.05) is 66.7 Å². The first-order chi connectivity index (χ1) is 22.1. The van der Waals surface area contributed by atoms with Crippen molar-refractivity contribution in [3.63, 3.8) is 0 Å². The van der Waals surface area contributed by atoms with Crippen molar-refractivity contribution >= 4 is 13.5 Å². The summed E-state index contributed by atoms with van der Waals surface area (Å²) in [5.41, 5.74) is -2.74. The first-order valence-corrected chi connectivity index (χ1v) is 18.0. The van der Waals surface area contributed by atoms with E-state index in [-0.39, 0.29) is 38.2 Å². The predicted molar refractivity (Wildman–Crippen MR) is 180 cm³/mol. The van der Waals surface area contributed by atoms with E-state index in [1.807, 2.05) is 48.5 Å². The lowest BCUT2D eigenvalue weighted by atomic mass is 9.89. The number of alkyl halides is 6. The lowest BCUT2D eigenvalue weighted by Crippen LogP contribution is -2.53. The number of carbonyl (C=O) groups is 1. The Hall–Kier alpha value is -2.72. The maximum absolute atomic E-state index is 14.3. The Morgan fingerprint density at radius 1 is 0.776 bits per heavy atom.